The highest BCUT2D eigenvalue weighted by Gasteiger charge is 2.23. The van der Waals surface area contributed by atoms with Gasteiger partial charge in [0.15, 0.2) is 0 Å². The molecule has 6 heteroatoms. The van der Waals surface area contributed by atoms with Gasteiger partial charge >= 0.3 is 0 Å². The van der Waals surface area contributed by atoms with Crippen LogP contribution in [0.5, 0.6) is 0 Å². The maximum absolute atomic E-state index is 5.85. The van der Waals surface area contributed by atoms with E-state index in [4.69, 9.17) is 4.74 Å². The highest BCUT2D eigenvalue weighted by atomic mass is 16.5. The van der Waals surface area contributed by atoms with Gasteiger partial charge in [-0.15, -0.1) is 0 Å². The Labute approximate surface area is 130 Å². The first-order valence-electron chi connectivity index (χ1n) is 7.50. The maximum atomic E-state index is 5.85. The topological polar surface area (TPSA) is 63.2 Å². The first-order chi connectivity index (χ1) is 10.8. The second kappa shape index (κ2) is 6.81. The van der Waals surface area contributed by atoms with Crippen LogP contribution in [0.1, 0.15) is 23.1 Å². The lowest BCUT2D eigenvalue weighted by molar-refractivity contribution is -0.0351. The monoisotopic (exact) mass is 299 g/mol. The number of hydrogen-bond donors (Lipinski definition) is 1. The van der Waals surface area contributed by atoms with Crippen molar-refractivity contribution < 1.29 is 4.74 Å². The van der Waals surface area contributed by atoms with Crippen molar-refractivity contribution in [3.8, 4) is 0 Å². The van der Waals surface area contributed by atoms with E-state index in [2.05, 4.69) is 31.2 Å². The van der Waals surface area contributed by atoms with E-state index < -0.39 is 0 Å². The molecule has 0 saturated carbocycles. The number of pyridine rings is 1. The summed E-state index contributed by atoms with van der Waals surface area (Å²) in [7, 11) is 1.90. The number of anilines is 1. The molecule has 1 saturated heterocycles. The number of nitrogens with zero attached hydrogens (tertiary/aromatic N) is 4. The fraction of sp³-hybridized carbons (Fsp3) is 0.438. The molecule has 1 fully saturated rings. The highest BCUT2D eigenvalue weighted by molar-refractivity contribution is 5.42. The first-order valence-corrected chi connectivity index (χ1v) is 7.50. The summed E-state index contributed by atoms with van der Waals surface area (Å²) in [5.74, 6) is 0.931. The number of ether oxygens (including phenoxy) is 1. The molecular weight excluding hydrogens is 278 g/mol. The Morgan fingerprint density at radius 1 is 1.32 bits per heavy atom. The van der Waals surface area contributed by atoms with E-state index in [0.717, 1.165) is 36.8 Å². The molecule has 0 unspecified atom stereocenters. The fourth-order valence-corrected chi connectivity index (χ4v) is 2.63. The van der Waals surface area contributed by atoms with Crippen LogP contribution in [0.25, 0.3) is 0 Å². The van der Waals surface area contributed by atoms with E-state index in [9.17, 15) is 0 Å². The predicted octanol–water partition coefficient (Wildman–Crippen LogP) is 1.80. The number of aryl methyl sites for hydroxylation is 1. The third-order valence-electron chi connectivity index (χ3n) is 3.80. The molecule has 1 N–H and O–H groups in total. The van der Waals surface area contributed by atoms with Crippen molar-refractivity contribution in [3.05, 3.63) is 47.7 Å². The molecule has 0 aromatic carbocycles. The first kappa shape index (κ1) is 14.9. The summed E-state index contributed by atoms with van der Waals surface area (Å²) in [5.41, 5.74) is 3.02. The van der Waals surface area contributed by atoms with Crippen LogP contribution in [-0.4, -0.2) is 46.6 Å². The number of morpholine rings is 1. The predicted molar refractivity (Wildman–Crippen MR) is 84.5 cm³/mol. The number of aromatic nitrogens is 3. The fourth-order valence-electron chi connectivity index (χ4n) is 2.63. The Kier molecular flexibility index (Phi) is 4.60. The van der Waals surface area contributed by atoms with Crippen molar-refractivity contribution in [2.75, 3.05) is 32.1 Å². The van der Waals surface area contributed by atoms with Gasteiger partial charge in [-0.1, -0.05) is 6.07 Å². The lowest BCUT2D eigenvalue weighted by Crippen LogP contribution is -2.38. The van der Waals surface area contributed by atoms with Crippen molar-refractivity contribution in [1.82, 2.24) is 19.9 Å². The van der Waals surface area contributed by atoms with Gasteiger partial charge in [-0.25, -0.2) is 4.98 Å². The molecule has 6 nitrogen and oxygen atoms in total. The minimum Gasteiger partial charge on any atom is -0.373 e. The summed E-state index contributed by atoms with van der Waals surface area (Å²) in [6, 6.07) is 4.08. The second-order valence-electron chi connectivity index (χ2n) is 5.44. The minimum atomic E-state index is -0.0171. The molecule has 22 heavy (non-hydrogen) atoms. The summed E-state index contributed by atoms with van der Waals surface area (Å²) >= 11 is 0. The molecular formula is C16H21N5O. The normalized spacial score (nSPS) is 19.1. The van der Waals surface area contributed by atoms with Crippen LogP contribution in [-0.2, 0) is 11.3 Å². The quantitative estimate of drug-likeness (QED) is 0.929. The van der Waals surface area contributed by atoms with E-state index >= 15 is 0 Å². The third kappa shape index (κ3) is 3.40. The molecule has 0 spiro atoms. The van der Waals surface area contributed by atoms with Crippen LogP contribution < -0.4 is 5.32 Å². The van der Waals surface area contributed by atoms with Crippen LogP contribution in [0.3, 0.4) is 0 Å². The molecule has 1 atom stereocenters. The van der Waals surface area contributed by atoms with Crippen LogP contribution in [0.15, 0.2) is 30.7 Å². The van der Waals surface area contributed by atoms with Crippen LogP contribution in [0.2, 0.25) is 0 Å². The molecule has 3 heterocycles. The summed E-state index contributed by atoms with van der Waals surface area (Å²) < 4.78 is 5.85. The largest absolute Gasteiger partial charge is 0.373 e. The lowest BCUT2D eigenvalue weighted by Gasteiger charge is -2.32. The average Bonchev–Trinajstić information content (AvgIpc) is 2.56. The Hall–Kier alpha value is -2.05. The average molecular weight is 299 g/mol. The van der Waals surface area contributed by atoms with E-state index in [1.165, 1.54) is 5.56 Å². The smallest absolute Gasteiger partial charge is 0.130 e. The number of hydrogen-bond acceptors (Lipinski definition) is 6. The van der Waals surface area contributed by atoms with Gasteiger partial charge < -0.3 is 10.1 Å². The molecule has 1 aliphatic rings. The van der Waals surface area contributed by atoms with Crippen molar-refractivity contribution in [1.29, 1.82) is 0 Å². The van der Waals surface area contributed by atoms with Gasteiger partial charge in [0, 0.05) is 44.6 Å². The second-order valence-corrected chi connectivity index (χ2v) is 5.44. The van der Waals surface area contributed by atoms with Crippen LogP contribution in [0, 0.1) is 6.92 Å². The maximum Gasteiger partial charge on any atom is 0.130 e. The Bertz CT molecular complexity index is 616. The molecule has 0 radical (unpaired) electrons. The molecule has 3 rings (SSSR count). The van der Waals surface area contributed by atoms with Gasteiger partial charge in [0.25, 0.3) is 0 Å². The summed E-state index contributed by atoms with van der Waals surface area (Å²) in [4.78, 5) is 15.5. The number of rotatable bonds is 4. The van der Waals surface area contributed by atoms with Gasteiger partial charge in [-0.05, 0) is 13.0 Å². The summed E-state index contributed by atoms with van der Waals surface area (Å²) in [6.45, 7) is 5.22. The molecule has 0 bridgehead atoms. The van der Waals surface area contributed by atoms with Gasteiger partial charge in [-0.2, -0.15) is 0 Å². The van der Waals surface area contributed by atoms with Gasteiger partial charge in [0.05, 0.1) is 24.2 Å². The van der Waals surface area contributed by atoms with E-state index in [-0.39, 0.29) is 6.10 Å². The molecule has 116 valence electrons. The molecule has 0 amide bonds. The minimum absolute atomic E-state index is 0.0171. The summed E-state index contributed by atoms with van der Waals surface area (Å²) in [5, 5.41) is 3.14. The molecule has 0 aliphatic carbocycles. The van der Waals surface area contributed by atoms with Gasteiger partial charge in [0.2, 0.25) is 0 Å². The van der Waals surface area contributed by atoms with Crippen molar-refractivity contribution in [2.45, 2.75) is 19.6 Å². The lowest BCUT2D eigenvalue weighted by atomic mass is 10.1. The van der Waals surface area contributed by atoms with Crippen molar-refractivity contribution in [3.63, 3.8) is 0 Å². The van der Waals surface area contributed by atoms with Crippen molar-refractivity contribution in [2.24, 2.45) is 0 Å². The zero-order valence-corrected chi connectivity index (χ0v) is 13.0. The third-order valence-corrected chi connectivity index (χ3v) is 3.80. The van der Waals surface area contributed by atoms with E-state index in [1.807, 2.05) is 26.2 Å². The van der Waals surface area contributed by atoms with Gasteiger partial charge in [0.1, 0.15) is 11.9 Å². The Morgan fingerprint density at radius 3 is 3.00 bits per heavy atom. The summed E-state index contributed by atoms with van der Waals surface area (Å²) in [6.07, 6.45) is 5.39. The highest BCUT2D eigenvalue weighted by Crippen LogP contribution is 2.22. The Morgan fingerprint density at radius 2 is 2.23 bits per heavy atom. The molecule has 1 aliphatic heterocycles. The molecule has 2 aromatic heterocycles. The zero-order valence-electron chi connectivity index (χ0n) is 13.0. The SMILES string of the molecule is CNc1ncccc1CN1CCO[C@H](c2cnc(C)cn2)C1. The molecule has 2 aromatic rings. The van der Waals surface area contributed by atoms with Crippen molar-refractivity contribution >= 4 is 5.82 Å². The van der Waals surface area contributed by atoms with Gasteiger partial charge in [-0.3, -0.25) is 14.9 Å². The van der Waals surface area contributed by atoms with Crippen LogP contribution >= 0.6 is 0 Å². The van der Waals surface area contributed by atoms with E-state index in [1.54, 1.807) is 12.4 Å². The number of nitrogens with one attached hydrogen (secondary N) is 1. The van der Waals surface area contributed by atoms with E-state index in [0.29, 0.717) is 6.61 Å². The van der Waals surface area contributed by atoms with Crippen LogP contribution in [0.4, 0.5) is 5.82 Å². The standard InChI is InChI=1S/C16H21N5O/c1-12-8-20-14(9-19-12)15-11-21(6-7-22-15)10-13-4-3-5-18-16(13)17-2/h3-5,8-9,15H,6-7,10-11H2,1-2H3,(H,17,18)/t15-/m0/s1. The Balaban J connectivity index is 1.69. The zero-order chi connectivity index (χ0) is 15.4.